The van der Waals surface area contributed by atoms with E-state index in [9.17, 15) is 9.18 Å². The van der Waals surface area contributed by atoms with Gasteiger partial charge in [0.25, 0.3) is 5.56 Å². The number of hydrogen-bond acceptors (Lipinski definition) is 4. The molecule has 0 saturated carbocycles. The fourth-order valence-corrected chi connectivity index (χ4v) is 3.25. The van der Waals surface area contributed by atoms with Crippen LogP contribution < -0.4 is 5.56 Å². The Morgan fingerprint density at radius 2 is 1.89 bits per heavy atom. The Morgan fingerprint density at radius 1 is 1.15 bits per heavy atom. The smallest absolute Gasteiger partial charge is 0.261 e. The van der Waals surface area contributed by atoms with Crippen molar-refractivity contribution >= 4 is 16.6 Å². The molecule has 0 amide bonds. The first kappa shape index (κ1) is 17.4. The summed E-state index contributed by atoms with van der Waals surface area (Å²) >= 11 is 0. The number of aromatic nitrogens is 4. The van der Waals surface area contributed by atoms with Crippen molar-refractivity contribution in [3.63, 3.8) is 0 Å². The van der Waals surface area contributed by atoms with E-state index in [1.165, 1.54) is 12.1 Å². The van der Waals surface area contributed by atoms with Crippen LogP contribution in [0.1, 0.15) is 5.69 Å². The predicted octanol–water partition coefficient (Wildman–Crippen LogP) is 2.72. The minimum Gasteiger partial charge on any atom is -0.314 e. The van der Waals surface area contributed by atoms with Gasteiger partial charge < -0.3 is 9.47 Å². The largest absolute Gasteiger partial charge is 0.314 e. The number of benzene rings is 1. The molecule has 0 aliphatic carbocycles. The van der Waals surface area contributed by atoms with Crippen LogP contribution in [0.25, 0.3) is 27.7 Å². The van der Waals surface area contributed by atoms with E-state index in [-0.39, 0.29) is 11.4 Å². The highest BCUT2D eigenvalue weighted by Crippen LogP contribution is 2.28. The highest BCUT2D eigenvalue weighted by atomic mass is 19.1. The normalized spacial score (nSPS) is 11.7. The number of hydrogen-bond donors (Lipinski definition) is 0. The van der Waals surface area contributed by atoms with Crippen molar-refractivity contribution in [2.45, 2.75) is 13.5 Å². The fraction of sp³-hybridized carbons (Fsp3) is 0.250. The van der Waals surface area contributed by atoms with Gasteiger partial charge in [-0.2, -0.15) is 5.10 Å². The maximum atomic E-state index is 13.3. The standard InChI is InChI=1S/C20H20FN5O/c1-13-18(14-4-6-15(21)7-5-14)19-22-12-16-17(26(19)23-13)8-9-25(20(16)27)11-10-24(2)3/h4-9,12H,10-11H2,1-3H3. The van der Waals surface area contributed by atoms with Gasteiger partial charge in [-0.05, 0) is 44.8 Å². The van der Waals surface area contributed by atoms with Crippen LogP contribution in [0, 0.1) is 12.7 Å². The van der Waals surface area contributed by atoms with Crippen molar-refractivity contribution in [3.8, 4) is 11.1 Å². The Morgan fingerprint density at radius 3 is 2.59 bits per heavy atom. The Kier molecular flexibility index (Phi) is 4.24. The van der Waals surface area contributed by atoms with Crippen LogP contribution in [0.5, 0.6) is 0 Å². The lowest BCUT2D eigenvalue weighted by Gasteiger charge is -2.12. The molecule has 0 atom stereocenters. The zero-order valence-corrected chi connectivity index (χ0v) is 15.5. The van der Waals surface area contributed by atoms with Crippen molar-refractivity contribution in [3.05, 3.63) is 64.6 Å². The summed E-state index contributed by atoms with van der Waals surface area (Å²) in [5.74, 6) is -0.287. The quantitative estimate of drug-likeness (QED) is 0.558. The molecule has 27 heavy (non-hydrogen) atoms. The van der Waals surface area contributed by atoms with Crippen molar-refractivity contribution < 1.29 is 4.39 Å². The van der Waals surface area contributed by atoms with Gasteiger partial charge in [0, 0.05) is 31.0 Å². The van der Waals surface area contributed by atoms with Gasteiger partial charge in [-0.15, -0.1) is 0 Å². The predicted molar refractivity (Wildman–Crippen MR) is 103 cm³/mol. The molecule has 0 aliphatic heterocycles. The van der Waals surface area contributed by atoms with Gasteiger partial charge in [-0.25, -0.2) is 13.9 Å². The Bertz CT molecular complexity index is 1190. The molecule has 0 fully saturated rings. The summed E-state index contributed by atoms with van der Waals surface area (Å²) in [4.78, 5) is 19.3. The molecule has 4 rings (SSSR count). The first-order chi connectivity index (χ1) is 13.0. The van der Waals surface area contributed by atoms with E-state index in [1.807, 2.05) is 32.0 Å². The average molecular weight is 365 g/mol. The SMILES string of the molecule is Cc1nn2c(ncc3c(=O)n(CCN(C)C)ccc32)c1-c1ccc(F)cc1. The molecule has 0 unspecified atom stereocenters. The molecule has 0 saturated heterocycles. The fourth-order valence-electron chi connectivity index (χ4n) is 3.25. The zero-order chi connectivity index (χ0) is 19.1. The van der Waals surface area contributed by atoms with E-state index in [1.54, 1.807) is 33.6 Å². The minimum atomic E-state index is -0.287. The van der Waals surface area contributed by atoms with Crippen molar-refractivity contribution in [2.24, 2.45) is 0 Å². The minimum absolute atomic E-state index is 0.0831. The van der Waals surface area contributed by atoms with E-state index in [0.29, 0.717) is 23.1 Å². The lowest BCUT2D eigenvalue weighted by Crippen LogP contribution is -2.26. The van der Waals surface area contributed by atoms with Crippen LogP contribution in [0.2, 0.25) is 0 Å². The maximum Gasteiger partial charge on any atom is 0.261 e. The van der Waals surface area contributed by atoms with Crippen LogP contribution in [-0.4, -0.2) is 44.7 Å². The monoisotopic (exact) mass is 365 g/mol. The van der Waals surface area contributed by atoms with Gasteiger partial charge in [0.15, 0.2) is 5.65 Å². The number of likely N-dealkylation sites (N-methyl/N-ethyl adjacent to an activating group) is 1. The van der Waals surface area contributed by atoms with Gasteiger partial charge in [-0.1, -0.05) is 12.1 Å². The number of halogens is 1. The summed E-state index contributed by atoms with van der Waals surface area (Å²) in [6, 6.07) is 8.16. The number of aryl methyl sites for hydroxylation is 1. The molecule has 6 nitrogen and oxygen atoms in total. The lowest BCUT2D eigenvalue weighted by molar-refractivity contribution is 0.381. The molecule has 138 valence electrons. The molecular formula is C20H20FN5O. The van der Waals surface area contributed by atoms with Crippen LogP contribution in [-0.2, 0) is 6.54 Å². The molecule has 1 aromatic carbocycles. The molecule has 0 spiro atoms. The Labute approximate surface area is 155 Å². The molecule has 0 bridgehead atoms. The Balaban J connectivity index is 1.90. The third kappa shape index (κ3) is 3.00. The van der Waals surface area contributed by atoms with Crippen LogP contribution in [0.3, 0.4) is 0 Å². The number of fused-ring (bicyclic) bond motifs is 3. The van der Waals surface area contributed by atoms with Gasteiger partial charge in [0.05, 0.1) is 16.6 Å². The molecule has 7 heteroatoms. The van der Waals surface area contributed by atoms with E-state index in [0.717, 1.165) is 23.4 Å². The van der Waals surface area contributed by atoms with Crippen molar-refractivity contribution in [1.29, 1.82) is 0 Å². The lowest BCUT2D eigenvalue weighted by atomic mass is 10.1. The summed E-state index contributed by atoms with van der Waals surface area (Å²) in [5, 5.41) is 5.11. The summed E-state index contributed by atoms with van der Waals surface area (Å²) in [6.45, 7) is 3.27. The van der Waals surface area contributed by atoms with Gasteiger partial charge in [0.2, 0.25) is 0 Å². The molecule has 4 aromatic rings. The summed E-state index contributed by atoms with van der Waals surface area (Å²) in [5.41, 5.74) is 3.74. The van der Waals surface area contributed by atoms with E-state index >= 15 is 0 Å². The summed E-state index contributed by atoms with van der Waals surface area (Å²) in [7, 11) is 3.95. The zero-order valence-electron chi connectivity index (χ0n) is 15.5. The molecule has 3 heterocycles. The van der Waals surface area contributed by atoms with Gasteiger partial charge in [0.1, 0.15) is 5.82 Å². The molecule has 0 N–H and O–H groups in total. The van der Waals surface area contributed by atoms with Gasteiger partial charge in [-0.3, -0.25) is 4.79 Å². The van der Waals surface area contributed by atoms with Crippen LogP contribution in [0.4, 0.5) is 4.39 Å². The number of pyridine rings is 1. The number of rotatable bonds is 4. The van der Waals surface area contributed by atoms with Crippen LogP contribution >= 0.6 is 0 Å². The first-order valence-electron chi connectivity index (χ1n) is 8.74. The van der Waals surface area contributed by atoms with Crippen molar-refractivity contribution in [1.82, 2.24) is 24.1 Å². The highest BCUT2D eigenvalue weighted by molar-refractivity contribution is 5.86. The third-order valence-electron chi connectivity index (χ3n) is 4.68. The second-order valence-corrected chi connectivity index (χ2v) is 6.88. The molecular weight excluding hydrogens is 345 g/mol. The Hall–Kier alpha value is -3.06. The highest BCUT2D eigenvalue weighted by Gasteiger charge is 2.16. The van der Waals surface area contributed by atoms with Gasteiger partial charge >= 0.3 is 0 Å². The average Bonchev–Trinajstić information content (AvgIpc) is 2.98. The topological polar surface area (TPSA) is 55.4 Å². The van der Waals surface area contributed by atoms with E-state index in [2.05, 4.69) is 10.1 Å². The first-order valence-corrected chi connectivity index (χ1v) is 8.74. The number of nitrogens with zero attached hydrogens (tertiary/aromatic N) is 5. The summed E-state index contributed by atoms with van der Waals surface area (Å²) in [6.07, 6.45) is 3.40. The second kappa shape index (κ2) is 6.59. The molecule has 0 aliphatic rings. The van der Waals surface area contributed by atoms with E-state index < -0.39 is 0 Å². The molecule has 0 radical (unpaired) electrons. The maximum absolute atomic E-state index is 13.3. The molecule has 3 aromatic heterocycles. The van der Waals surface area contributed by atoms with Crippen molar-refractivity contribution in [2.75, 3.05) is 20.6 Å². The second-order valence-electron chi connectivity index (χ2n) is 6.88. The summed E-state index contributed by atoms with van der Waals surface area (Å²) < 4.78 is 16.7. The van der Waals surface area contributed by atoms with E-state index in [4.69, 9.17) is 0 Å². The third-order valence-corrected chi connectivity index (χ3v) is 4.68. The van der Waals surface area contributed by atoms with Crippen LogP contribution in [0.15, 0.2) is 47.5 Å².